The topological polar surface area (TPSA) is 76.7 Å². The smallest absolute Gasteiger partial charge is 0.242 e. The molecule has 16 heavy (non-hydrogen) atoms. The Morgan fingerprint density at radius 2 is 1.88 bits per heavy atom. The van der Waals surface area contributed by atoms with Crippen LogP contribution in [0.15, 0.2) is 0 Å². The second kappa shape index (κ2) is 5.21. The Kier molecular flexibility index (Phi) is 4.18. The van der Waals surface area contributed by atoms with Crippen molar-refractivity contribution in [3.8, 4) is 0 Å². The van der Waals surface area contributed by atoms with Crippen LogP contribution in [0.4, 0.5) is 5.95 Å². The van der Waals surface area contributed by atoms with E-state index in [2.05, 4.69) is 34.3 Å². The fourth-order valence-electron chi connectivity index (χ4n) is 1.33. The molecule has 0 saturated heterocycles. The Balaban J connectivity index is 2.57. The van der Waals surface area contributed by atoms with Gasteiger partial charge in [-0.1, -0.05) is 13.8 Å². The van der Waals surface area contributed by atoms with Crippen LogP contribution in [0.2, 0.25) is 0 Å². The molecular weight excluding hydrogens is 202 g/mol. The molecule has 0 aliphatic heterocycles. The van der Waals surface area contributed by atoms with Gasteiger partial charge in [-0.15, -0.1) is 5.10 Å². The van der Waals surface area contributed by atoms with Gasteiger partial charge in [0.15, 0.2) is 0 Å². The highest BCUT2D eigenvalue weighted by Gasteiger charge is 2.17. The maximum Gasteiger partial charge on any atom is 0.242 e. The van der Waals surface area contributed by atoms with Crippen LogP contribution in [-0.2, 0) is 0 Å². The van der Waals surface area contributed by atoms with Gasteiger partial charge in [-0.2, -0.15) is 5.10 Å². The van der Waals surface area contributed by atoms with Crippen molar-refractivity contribution in [3.05, 3.63) is 11.4 Å². The number of nitrogens with one attached hydrogen (secondary N) is 1. The fourth-order valence-corrected chi connectivity index (χ4v) is 1.33. The van der Waals surface area contributed by atoms with Gasteiger partial charge in [-0.05, 0) is 32.2 Å². The summed E-state index contributed by atoms with van der Waals surface area (Å²) in [6.45, 7) is 9.66. The van der Waals surface area contributed by atoms with Crippen LogP contribution in [0.25, 0.3) is 0 Å². The number of anilines is 1. The molecule has 1 aromatic rings. The predicted octanol–water partition coefficient (Wildman–Crippen LogP) is 1.28. The largest absolute Gasteiger partial charge is 0.352 e. The highest BCUT2D eigenvalue weighted by atomic mass is 15.2. The molecule has 0 radical (unpaired) electrons. The number of hydrogen-bond donors (Lipinski definition) is 2. The molecule has 0 spiro atoms. The highest BCUT2D eigenvalue weighted by Crippen LogP contribution is 2.19. The van der Waals surface area contributed by atoms with Crippen LogP contribution in [0.3, 0.4) is 0 Å². The summed E-state index contributed by atoms with van der Waals surface area (Å²) < 4.78 is 0. The number of aromatic nitrogens is 3. The number of nitrogens with two attached hydrogens (primary N) is 1. The van der Waals surface area contributed by atoms with Gasteiger partial charge in [0.2, 0.25) is 5.95 Å². The van der Waals surface area contributed by atoms with E-state index in [9.17, 15) is 0 Å². The van der Waals surface area contributed by atoms with Crippen LogP contribution in [0.1, 0.15) is 31.7 Å². The van der Waals surface area contributed by atoms with Crippen molar-refractivity contribution in [2.45, 2.75) is 34.1 Å². The fraction of sp³-hybridized carbons (Fsp3) is 0.727. The van der Waals surface area contributed by atoms with E-state index < -0.39 is 0 Å². The van der Waals surface area contributed by atoms with E-state index in [0.717, 1.165) is 24.4 Å². The van der Waals surface area contributed by atoms with Gasteiger partial charge in [0.05, 0.1) is 11.4 Å². The summed E-state index contributed by atoms with van der Waals surface area (Å²) in [7, 11) is 0. The van der Waals surface area contributed by atoms with Crippen molar-refractivity contribution in [2.75, 3.05) is 18.4 Å². The SMILES string of the molecule is Cc1nnc(NCC(C)(C)CCN)nc1C. The minimum absolute atomic E-state index is 0.150. The lowest BCUT2D eigenvalue weighted by atomic mass is 9.89. The average molecular weight is 223 g/mol. The molecule has 0 aromatic carbocycles. The minimum Gasteiger partial charge on any atom is -0.352 e. The van der Waals surface area contributed by atoms with Crippen LogP contribution in [0.5, 0.6) is 0 Å². The lowest BCUT2D eigenvalue weighted by Gasteiger charge is -2.23. The van der Waals surface area contributed by atoms with E-state index in [1.54, 1.807) is 0 Å². The first-order valence-electron chi connectivity index (χ1n) is 5.56. The highest BCUT2D eigenvalue weighted by molar-refractivity contribution is 5.24. The quantitative estimate of drug-likeness (QED) is 0.786. The summed E-state index contributed by atoms with van der Waals surface area (Å²) in [5.74, 6) is 0.591. The molecule has 0 fully saturated rings. The Labute approximate surface area is 96.9 Å². The Morgan fingerprint density at radius 1 is 1.19 bits per heavy atom. The second-order valence-corrected chi connectivity index (χ2v) is 4.86. The first-order chi connectivity index (χ1) is 7.44. The molecule has 1 aromatic heterocycles. The van der Waals surface area contributed by atoms with Crippen molar-refractivity contribution in [3.63, 3.8) is 0 Å². The van der Waals surface area contributed by atoms with Crippen molar-refractivity contribution >= 4 is 5.95 Å². The third-order valence-electron chi connectivity index (χ3n) is 2.64. The van der Waals surface area contributed by atoms with E-state index in [4.69, 9.17) is 5.73 Å². The molecule has 0 saturated carbocycles. The van der Waals surface area contributed by atoms with Crippen molar-refractivity contribution < 1.29 is 0 Å². The van der Waals surface area contributed by atoms with Crippen LogP contribution < -0.4 is 11.1 Å². The van der Waals surface area contributed by atoms with Gasteiger partial charge in [0.1, 0.15) is 0 Å². The van der Waals surface area contributed by atoms with E-state index in [0.29, 0.717) is 12.5 Å². The monoisotopic (exact) mass is 223 g/mol. The molecule has 1 rings (SSSR count). The van der Waals surface area contributed by atoms with Gasteiger partial charge in [-0.3, -0.25) is 0 Å². The second-order valence-electron chi connectivity index (χ2n) is 4.86. The summed E-state index contributed by atoms with van der Waals surface area (Å²) in [4.78, 5) is 4.32. The Morgan fingerprint density at radius 3 is 2.44 bits per heavy atom. The standard InChI is InChI=1S/C11H21N5/c1-8-9(2)15-16-10(14-8)13-7-11(3,4)5-6-12/h5-7,12H2,1-4H3,(H,13,14,16). The lowest BCUT2D eigenvalue weighted by Crippen LogP contribution is -2.27. The molecule has 0 atom stereocenters. The molecule has 0 amide bonds. The molecule has 0 bridgehead atoms. The minimum atomic E-state index is 0.150. The number of rotatable bonds is 5. The van der Waals surface area contributed by atoms with Crippen molar-refractivity contribution in [1.29, 1.82) is 0 Å². The summed E-state index contributed by atoms with van der Waals surface area (Å²) in [6, 6.07) is 0. The Hall–Kier alpha value is -1.23. The van der Waals surface area contributed by atoms with E-state index in [1.807, 2.05) is 13.8 Å². The zero-order valence-corrected chi connectivity index (χ0v) is 10.5. The molecule has 1 heterocycles. The van der Waals surface area contributed by atoms with Crippen molar-refractivity contribution in [1.82, 2.24) is 15.2 Å². The summed E-state index contributed by atoms with van der Waals surface area (Å²) in [5, 5.41) is 11.2. The molecule has 5 nitrogen and oxygen atoms in total. The van der Waals surface area contributed by atoms with Crippen LogP contribution in [-0.4, -0.2) is 28.3 Å². The number of aryl methyl sites for hydroxylation is 2. The third-order valence-corrected chi connectivity index (χ3v) is 2.64. The lowest BCUT2D eigenvalue weighted by molar-refractivity contribution is 0.364. The zero-order valence-electron chi connectivity index (χ0n) is 10.5. The molecular formula is C11H21N5. The van der Waals surface area contributed by atoms with Crippen LogP contribution >= 0.6 is 0 Å². The molecule has 5 heteroatoms. The molecule has 0 aliphatic carbocycles. The van der Waals surface area contributed by atoms with Gasteiger partial charge < -0.3 is 11.1 Å². The maximum atomic E-state index is 5.56. The van der Waals surface area contributed by atoms with Gasteiger partial charge in [0.25, 0.3) is 0 Å². The van der Waals surface area contributed by atoms with Gasteiger partial charge >= 0.3 is 0 Å². The molecule has 3 N–H and O–H groups in total. The van der Waals surface area contributed by atoms with Crippen LogP contribution in [0, 0.1) is 19.3 Å². The third kappa shape index (κ3) is 3.73. The van der Waals surface area contributed by atoms with E-state index in [1.165, 1.54) is 0 Å². The molecule has 0 unspecified atom stereocenters. The predicted molar refractivity (Wildman–Crippen MR) is 65.2 cm³/mol. The summed E-state index contributed by atoms with van der Waals surface area (Å²) >= 11 is 0. The van der Waals surface area contributed by atoms with E-state index >= 15 is 0 Å². The molecule has 90 valence electrons. The van der Waals surface area contributed by atoms with Gasteiger partial charge in [0, 0.05) is 6.54 Å². The average Bonchev–Trinajstić information content (AvgIpc) is 2.20. The van der Waals surface area contributed by atoms with Gasteiger partial charge in [-0.25, -0.2) is 4.98 Å². The van der Waals surface area contributed by atoms with E-state index in [-0.39, 0.29) is 5.41 Å². The first kappa shape index (κ1) is 12.8. The zero-order chi connectivity index (χ0) is 12.2. The maximum absolute atomic E-state index is 5.56. The Bertz CT molecular complexity index is 348. The summed E-state index contributed by atoms with van der Waals surface area (Å²) in [6.07, 6.45) is 0.971. The number of hydrogen-bond acceptors (Lipinski definition) is 5. The van der Waals surface area contributed by atoms with Crippen molar-refractivity contribution in [2.24, 2.45) is 11.1 Å². The normalized spacial score (nSPS) is 11.6. The summed E-state index contributed by atoms with van der Waals surface area (Å²) in [5.41, 5.74) is 7.48. The molecule has 0 aliphatic rings. The first-order valence-corrected chi connectivity index (χ1v) is 5.56. The number of nitrogens with zero attached hydrogens (tertiary/aromatic N) is 3.